The molecule has 0 spiro atoms. The SMILES string of the molecule is NP(N)(=O)NC(=O)c1occ2ccccc12. The smallest absolute Gasteiger partial charge is 0.300 e. The van der Waals surface area contributed by atoms with Crippen LogP contribution in [0.15, 0.2) is 34.9 Å². The van der Waals surface area contributed by atoms with Gasteiger partial charge in [-0.2, -0.15) is 0 Å². The molecule has 0 saturated heterocycles. The fraction of sp³-hybridized carbons (Fsp3) is 0. The van der Waals surface area contributed by atoms with E-state index >= 15 is 0 Å². The first-order valence-corrected chi connectivity index (χ1v) is 6.28. The van der Waals surface area contributed by atoms with Gasteiger partial charge in [-0.05, 0) is 0 Å². The van der Waals surface area contributed by atoms with Gasteiger partial charge in [0.1, 0.15) is 0 Å². The molecule has 0 aliphatic heterocycles. The Kier molecular flexibility index (Phi) is 2.55. The molecular formula is C9H10N3O3P. The minimum atomic E-state index is -3.60. The van der Waals surface area contributed by atoms with Crippen LogP contribution in [-0.2, 0) is 4.57 Å². The van der Waals surface area contributed by atoms with Gasteiger partial charge in [0.25, 0.3) is 5.91 Å². The molecule has 5 N–H and O–H groups in total. The van der Waals surface area contributed by atoms with Gasteiger partial charge in [-0.25, -0.2) is 0 Å². The van der Waals surface area contributed by atoms with E-state index in [1.165, 1.54) is 6.26 Å². The van der Waals surface area contributed by atoms with Crippen molar-refractivity contribution >= 4 is 24.3 Å². The Hall–Kier alpha value is -1.62. The first-order valence-electron chi connectivity index (χ1n) is 4.43. The number of furan rings is 1. The zero-order chi connectivity index (χ0) is 11.8. The van der Waals surface area contributed by atoms with Gasteiger partial charge in [-0.15, -0.1) is 0 Å². The number of carbonyl (C=O) groups excluding carboxylic acids is 1. The molecule has 1 aromatic heterocycles. The zero-order valence-corrected chi connectivity index (χ0v) is 9.11. The maximum absolute atomic E-state index is 11.6. The zero-order valence-electron chi connectivity index (χ0n) is 8.21. The Bertz CT molecular complexity index is 586. The molecule has 0 fully saturated rings. The fourth-order valence-corrected chi connectivity index (χ4v) is 1.80. The normalized spacial score (nSPS) is 11.6. The van der Waals surface area contributed by atoms with Crippen LogP contribution in [0.4, 0.5) is 0 Å². The molecule has 1 heterocycles. The van der Waals surface area contributed by atoms with Crippen molar-refractivity contribution in [3.05, 3.63) is 36.3 Å². The summed E-state index contributed by atoms with van der Waals surface area (Å²) < 4.78 is 16.1. The second-order valence-electron chi connectivity index (χ2n) is 3.30. The van der Waals surface area contributed by atoms with Crippen LogP contribution in [0.25, 0.3) is 10.8 Å². The van der Waals surface area contributed by atoms with Crippen LogP contribution in [-0.4, -0.2) is 5.91 Å². The topological polar surface area (TPSA) is 111 Å². The van der Waals surface area contributed by atoms with Crippen LogP contribution in [0.5, 0.6) is 0 Å². The van der Waals surface area contributed by atoms with Crippen molar-refractivity contribution in [1.29, 1.82) is 0 Å². The summed E-state index contributed by atoms with van der Waals surface area (Å²) in [4.78, 5) is 11.6. The lowest BCUT2D eigenvalue weighted by Gasteiger charge is -2.06. The number of amides is 1. The number of nitrogens with one attached hydrogen (secondary N) is 1. The monoisotopic (exact) mass is 239 g/mol. The van der Waals surface area contributed by atoms with Gasteiger partial charge in [-0.3, -0.25) is 25.5 Å². The molecule has 0 aliphatic rings. The van der Waals surface area contributed by atoms with Crippen molar-refractivity contribution in [2.45, 2.75) is 0 Å². The van der Waals surface area contributed by atoms with E-state index in [1.807, 2.05) is 11.2 Å². The molecule has 6 nitrogen and oxygen atoms in total. The standard InChI is InChI=1S/C9H10N3O3P/c10-16(11,14)12-9(13)8-7-4-2-1-3-6(7)5-15-8/h1-5H,(H5,10,11,12,13,14). The highest BCUT2D eigenvalue weighted by atomic mass is 31.2. The van der Waals surface area contributed by atoms with Gasteiger partial charge in [0.2, 0.25) is 0 Å². The van der Waals surface area contributed by atoms with Gasteiger partial charge in [0, 0.05) is 10.8 Å². The van der Waals surface area contributed by atoms with E-state index in [9.17, 15) is 9.36 Å². The number of carbonyl (C=O) groups is 1. The summed E-state index contributed by atoms with van der Waals surface area (Å²) in [5.41, 5.74) is 10.1. The van der Waals surface area contributed by atoms with E-state index in [2.05, 4.69) is 0 Å². The van der Waals surface area contributed by atoms with E-state index in [-0.39, 0.29) is 5.76 Å². The van der Waals surface area contributed by atoms with Crippen molar-refractivity contribution in [1.82, 2.24) is 5.09 Å². The third-order valence-electron chi connectivity index (χ3n) is 1.99. The average Bonchev–Trinajstić information content (AvgIpc) is 2.58. The summed E-state index contributed by atoms with van der Waals surface area (Å²) in [6.07, 6.45) is 1.43. The molecule has 16 heavy (non-hydrogen) atoms. The van der Waals surface area contributed by atoms with Crippen molar-refractivity contribution in [3.63, 3.8) is 0 Å². The molecule has 0 saturated carbocycles. The number of benzene rings is 1. The number of fused-ring (bicyclic) bond motifs is 1. The molecule has 1 amide bonds. The van der Waals surface area contributed by atoms with Crippen LogP contribution < -0.4 is 16.1 Å². The molecular weight excluding hydrogens is 229 g/mol. The van der Waals surface area contributed by atoms with E-state index in [1.54, 1.807) is 18.2 Å². The molecule has 7 heteroatoms. The van der Waals surface area contributed by atoms with Crippen LogP contribution in [0.1, 0.15) is 10.6 Å². The van der Waals surface area contributed by atoms with Crippen molar-refractivity contribution in [2.24, 2.45) is 11.0 Å². The Morgan fingerprint density at radius 2 is 2.00 bits per heavy atom. The summed E-state index contributed by atoms with van der Waals surface area (Å²) in [6.45, 7) is 0. The summed E-state index contributed by atoms with van der Waals surface area (Å²) in [5, 5.41) is 3.39. The maximum atomic E-state index is 11.6. The Morgan fingerprint density at radius 3 is 2.69 bits per heavy atom. The number of nitrogens with two attached hydrogens (primary N) is 2. The quantitative estimate of drug-likeness (QED) is 0.681. The Balaban J connectivity index is 2.41. The molecule has 0 unspecified atom stereocenters. The summed E-state index contributed by atoms with van der Waals surface area (Å²) in [6, 6.07) is 7.08. The van der Waals surface area contributed by atoms with Gasteiger partial charge < -0.3 is 4.42 Å². The number of hydrogen-bond donors (Lipinski definition) is 3. The van der Waals surface area contributed by atoms with Gasteiger partial charge in [-0.1, -0.05) is 24.3 Å². The molecule has 2 aromatic rings. The van der Waals surface area contributed by atoms with Gasteiger partial charge in [0.15, 0.2) is 5.76 Å². The van der Waals surface area contributed by atoms with Gasteiger partial charge in [0.05, 0.1) is 6.26 Å². The predicted octanol–water partition coefficient (Wildman–Crippen LogP) is 1.19. The lowest BCUT2D eigenvalue weighted by Crippen LogP contribution is -2.28. The maximum Gasteiger partial charge on any atom is 0.300 e. The van der Waals surface area contributed by atoms with Crippen molar-refractivity contribution in [3.8, 4) is 0 Å². The lowest BCUT2D eigenvalue weighted by molar-refractivity contribution is 0.0955. The summed E-state index contributed by atoms with van der Waals surface area (Å²) in [7, 11) is -3.60. The summed E-state index contributed by atoms with van der Waals surface area (Å²) >= 11 is 0. The predicted molar refractivity (Wildman–Crippen MR) is 59.7 cm³/mol. The minimum Gasteiger partial charge on any atom is -0.458 e. The minimum absolute atomic E-state index is 0.0479. The van der Waals surface area contributed by atoms with E-state index in [4.69, 9.17) is 15.4 Å². The molecule has 0 radical (unpaired) electrons. The van der Waals surface area contributed by atoms with Crippen LogP contribution in [0.3, 0.4) is 0 Å². The first kappa shape index (κ1) is 10.9. The third kappa shape index (κ3) is 2.14. The second-order valence-corrected chi connectivity index (χ2v) is 4.94. The van der Waals surface area contributed by atoms with E-state index in [0.717, 1.165) is 5.39 Å². The van der Waals surface area contributed by atoms with Crippen LogP contribution in [0, 0.1) is 0 Å². The first-order chi connectivity index (χ1) is 7.47. The Labute approximate surface area is 91.1 Å². The fourth-order valence-electron chi connectivity index (χ4n) is 1.38. The average molecular weight is 239 g/mol. The third-order valence-corrected chi connectivity index (χ3v) is 2.54. The van der Waals surface area contributed by atoms with Gasteiger partial charge >= 0.3 is 7.59 Å². The number of rotatable bonds is 2. The summed E-state index contributed by atoms with van der Waals surface area (Å²) in [5.74, 6) is -0.638. The molecule has 0 aliphatic carbocycles. The van der Waals surface area contributed by atoms with Crippen molar-refractivity contribution in [2.75, 3.05) is 0 Å². The largest absolute Gasteiger partial charge is 0.458 e. The highest BCUT2D eigenvalue weighted by Crippen LogP contribution is 2.24. The molecule has 1 aromatic carbocycles. The van der Waals surface area contributed by atoms with E-state index in [0.29, 0.717) is 5.39 Å². The van der Waals surface area contributed by atoms with Crippen molar-refractivity contribution < 1.29 is 13.8 Å². The number of hydrogen-bond acceptors (Lipinski definition) is 3. The molecule has 0 bridgehead atoms. The van der Waals surface area contributed by atoms with Crippen LogP contribution >= 0.6 is 7.59 Å². The van der Waals surface area contributed by atoms with E-state index < -0.39 is 13.5 Å². The lowest BCUT2D eigenvalue weighted by atomic mass is 10.2. The van der Waals surface area contributed by atoms with Crippen LogP contribution in [0.2, 0.25) is 0 Å². The molecule has 84 valence electrons. The molecule has 2 rings (SSSR count). The highest BCUT2D eigenvalue weighted by Gasteiger charge is 2.19. The highest BCUT2D eigenvalue weighted by molar-refractivity contribution is 7.57. The molecule has 0 atom stereocenters. The second kappa shape index (κ2) is 3.75. The Morgan fingerprint density at radius 1 is 1.31 bits per heavy atom.